The van der Waals surface area contributed by atoms with Crippen molar-refractivity contribution in [3.63, 3.8) is 0 Å². The molecule has 9 heteroatoms. The van der Waals surface area contributed by atoms with Gasteiger partial charge in [0.25, 0.3) is 11.8 Å². The predicted octanol–water partition coefficient (Wildman–Crippen LogP) is 4.42. The molecule has 0 aliphatic heterocycles. The molecular weight excluding hydrogens is 461 g/mol. The average Bonchev–Trinajstić information content (AvgIpc) is 3.20. The van der Waals surface area contributed by atoms with Crippen LogP contribution < -0.4 is 10.9 Å². The Kier molecular flexibility index (Phi) is 5.97. The van der Waals surface area contributed by atoms with Gasteiger partial charge in [-0.1, -0.05) is 30.3 Å². The SMILES string of the molecule is Cn1c2ccccc2c2cc(C(=O)N/N=C/c3ccc(C(=O)NO)cc3)nc(-c3ccc(F)cc3)c21. The first-order valence-corrected chi connectivity index (χ1v) is 11.0. The summed E-state index contributed by atoms with van der Waals surface area (Å²) < 4.78 is 15.6. The maximum atomic E-state index is 13.6. The lowest BCUT2D eigenvalue weighted by atomic mass is 10.1. The second-order valence-electron chi connectivity index (χ2n) is 8.10. The van der Waals surface area contributed by atoms with Crippen LogP contribution in [0.15, 0.2) is 84.0 Å². The topological polar surface area (TPSA) is 109 Å². The number of hydrogen-bond acceptors (Lipinski definition) is 5. The number of carbonyl (C=O) groups excluding carboxylic acids is 2. The zero-order valence-corrected chi connectivity index (χ0v) is 19.1. The van der Waals surface area contributed by atoms with Crippen LogP contribution in [-0.2, 0) is 7.05 Å². The maximum Gasteiger partial charge on any atom is 0.289 e. The predicted molar refractivity (Wildman–Crippen MR) is 134 cm³/mol. The van der Waals surface area contributed by atoms with Crippen LogP contribution in [-0.4, -0.2) is 32.8 Å². The van der Waals surface area contributed by atoms with Crippen molar-refractivity contribution in [2.24, 2.45) is 12.1 Å². The largest absolute Gasteiger partial charge is 0.342 e. The first-order chi connectivity index (χ1) is 17.5. The van der Waals surface area contributed by atoms with E-state index in [1.165, 1.54) is 30.5 Å². The zero-order chi connectivity index (χ0) is 25.2. The summed E-state index contributed by atoms with van der Waals surface area (Å²) in [7, 11) is 1.93. The van der Waals surface area contributed by atoms with Crippen molar-refractivity contribution in [2.75, 3.05) is 0 Å². The van der Waals surface area contributed by atoms with Crippen molar-refractivity contribution < 1.29 is 19.2 Å². The van der Waals surface area contributed by atoms with Crippen LogP contribution in [0.3, 0.4) is 0 Å². The molecule has 0 saturated heterocycles. The second-order valence-corrected chi connectivity index (χ2v) is 8.10. The van der Waals surface area contributed by atoms with E-state index in [-0.39, 0.29) is 17.1 Å². The summed E-state index contributed by atoms with van der Waals surface area (Å²) in [5.41, 5.74) is 8.16. The lowest BCUT2D eigenvalue weighted by Gasteiger charge is -2.09. The fraction of sp³-hybridized carbons (Fsp3) is 0.0370. The Balaban J connectivity index is 1.51. The van der Waals surface area contributed by atoms with Crippen molar-refractivity contribution in [1.82, 2.24) is 20.5 Å². The summed E-state index contributed by atoms with van der Waals surface area (Å²) in [4.78, 5) is 29.1. The van der Waals surface area contributed by atoms with Gasteiger partial charge in [-0.3, -0.25) is 14.8 Å². The molecule has 0 aliphatic carbocycles. The van der Waals surface area contributed by atoms with Gasteiger partial charge in [-0.05, 0) is 54.1 Å². The monoisotopic (exact) mass is 481 g/mol. The molecule has 5 rings (SSSR count). The summed E-state index contributed by atoms with van der Waals surface area (Å²) in [5, 5.41) is 14.5. The number of fused-ring (bicyclic) bond motifs is 3. The first kappa shape index (κ1) is 22.9. The van der Waals surface area contributed by atoms with Crippen molar-refractivity contribution in [2.45, 2.75) is 0 Å². The Morgan fingerprint density at radius 3 is 2.42 bits per heavy atom. The van der Waals surface area contributed by atoms with Gasteiger partial charge in [0.05, 0.1) is 17.4 Å². The fourth-order valence-corrected chi connectivity index (χ4v) is 4.13. The van der Waals surface area contributed by atoms with Crippen LogP contribution in [0.1, 0.15) is 26.4 Å². The molecule has 0 aliphatic rings. The summed E-state index contributed by atoms with van der Waals surface area (Å²) in [5.74, 6) is -1.50. The Hall–Kier alpha value is -4.89. The Morgan fingerprint density at radius 1 is 0.972 bits per heavy atom. The number of hydrazone groups is 1. The maximum absolute atomic E-state index is 13.6. The number of nitrogens with zero attached hydrogens (tertiary/aromatic N) is 3. The van der Waals surface area contributed by atoms with Gasteiger partial charge in [0.2, 0.25) is 0 Å². The fourth-order valence-electron chi connectivity index (χ4n) is 4.13. The molecule has 0 unspecified atom stereocenters. The van der Waals surface area contributed by atoms with E-state index in [0.717, 1.165) is 21.8 Å². The lowest BCUT2D eigenvalue weighted by molar-refractivity contribution is 0.0706. The normalized spacial score (nSPS) is 11.3. The van der Waals surface area contributed by atoms with Crippen molar-refractivity contribution in [3.8, 4) is 11.3 Å². The smallest absolute Gasteiger partial charge is 0.289 e. The molecule has 0 fully saturated rings. The highest BCUT2D eigenvalue weighted by Crippen LogP contribution is 2.34. The molecule has 0 bridgehead atoms. The van der Waals surface area contributed by atoms with Gasteiger partial charge < -0.3 is 4.57 Å². The van der Waals surface area contributed by atoms with Gasteiger partial charge in [-0.15, -0.1) is 0 Å². The minimum Gasteiger partial charge on any atom is -0.342 e. The van der Waals surface area contributed by atoms with Crippen LogP contribution in [0.2, 0.25) is 0 Å². The molecular formula is C27H20FN5O3. The number of benzene rings is 3. The van der Waals surface area contributed by atoms with Crippen molar-refractivity contribution in [3.05, 3.63) is 102 Å². The zero-order valence-electron chi connectivity index (χ0n) is 19.1. The number of halogens is 1. The van der Waals surface area contributed by atoms with E-state index in [9.17, 15) is 14.0 Å². The standard InChI is InChI=1S/C27H20FN5O3/c1-33-23-5-3-2-4-20(23)21-14-22(30-24(25(21)33)17-10-12-19(28)13-11-17)27(35)31-29-15-16-6-8-18(9-7-16)26(34)32-36/h2-15,36H,1H3,(H,31,35)(H,32,34)/b29-15+. The van der Waals surface area contributed by atoms with E-state index in [0.29, 0.717) is 16.8 Å². The number of hydroxylamine groups is 1. The molecule has 0 spiro atoms. The minimum atomic E-state index is -0.626. The number of pyridine rings is 1. The third-order valence-corrected chi connectivity index (χ3v) is 5.89. The molecule has 2 aromatic heterocycles. The number of hydrogen-bond donors (Lipinski definition) is 3. The highest BCUT2D eigenvalue weighted by Gasteiger charge is 2.19. The molecule has 5 aromatic rings. The summed E-state index contributed by atoms with van der Waals surface area (Å²) >= 11 is 0. The Labute approximate surface area is 204 Å². The number of carbonyl (C=O) groups is 2. The summed E-state index contributed by atoms with van der Waals surface area (Å²) in [6.45, 7) is 0. The second kappa shape index (κ2) is 9.40. The number of para-hydroxylation sites is 1. The van der Waals surface area contributed by atoms with Crippen LogP contribution in [0, 0.1) is 5.82 Å². The molecule has 178 valence electrons. The number of amides is 2. The molecule has 2 heterocycles. The number of aromatic nitrogens is 2. The molecule has 8 nitrogen and oxygen atoms in total. The third-order valence-electron chi connectivity index (χ3n) is 5.89. The first-order valence-electron chi connectivity index (χ1n) is 11.0. The number of nitrogens with one attached hydrogen (secondary N) is 2. The molecule has 3 aromatic carbocycles. The quantitative estimate of drug-likeness (QED) is 0.196. The average molecular weight is 481 g/mol. The van der Waals surface area contributed by atoms with E-state index < -0.39 is 11.8 Å². The van der Waals surface area contributed by atoms with Gasteiger partial charge >= 0.3 is 0 Å². The van der Waals surface area contributed by atoms with E-state index in [2.05, 4.69) is 15.5 Å². The van der Waals surface area contributed by atoms with Crippen LogP contribution in [0.5, 0.6) is 0 Å². The third kappa shape index (κ3) is 4.19. The van der Waals surface area contributed by atoms with Gasteiger partial charge in [-0.2, -0.15) is 5.10 Å². The summed E-state index contributed by atoms with van der Waals surface area (Å²) in [6, 6.07) is 21.8. The van der Waals surface area contributed by atoms with E-state index >= 15 is 0 Å². The van der Waals surface area contributed by atoms with Crippen LogP contribution >= 0.6 is 0 Å². The van der Waals surface area contributed by atoms with E-state index in [1.54, 1.807) is 35.8 Å². The molecule has 0 saturated carbocycles. The Morgan fingerprint density at radius 2 is 1.69 bits per heavy atom. The number of rotatable bonds is 5. The van der Waals surface area contributed by atoms with Crippen LogP contribution in [0.4, 0.5) is 4.39 Å². The molecule has 36 heavy (non-hydrogen) atoms. The molecule has 0 radical (unpaired) electrons. The van der Waals surface area contributed by atoms with Gasteiger partial charge in [-0.25, -0.2) is 20.3 Å². The molecule has 0 atom stereocenters. The van der Waals surface area contributed by atoms with Gasteiger partial charge in [0, 0.05) is 34.5 Å². The van der Waals surface area contributed by atoms with Crippen molar-refractivity contribution in [1.29, 1.82) is 0 Å². The van der Waals surface area contributed by atoms with Gasteiger partial charge in [0.1, 0.15) is 11.5 Å². The van der Waals surface area contributed by atoms with E-state index in [1.807, 2.05) is 35.9 Å². The van der Waals surface area contributed by atoms with Crippen LogP contribution in [0.25, 0.3) is 33.1 Å². The lowest BCUT2D eigenvalue weighted by Crippen LogP contribution is -2.19. The molecule has 3 N–H and O–H groups in total. The molecule has 2 amide bonds. The summed E-state index contributed by atoms with van der Waals surface area (Å²) in [6.07, 6.45) is 1.43. The van der Waals surface area contributed by atoms with E-state index in [4.69, 9.17) is 5.21 Å². The van der Waals surface area contributed by atoms with Gasteiger partial charge in [0.15, 0.2) is 0 Å². The highest BCUT2D eigenvalue weighted by molar-refractivity contribution is 6.13. The Bertz CT molecular complexity index is 1640. The van der Waals surface area contributed by atoms with Crippen molar-refractivity contribution >= 4 is 39.8 Å². The highest BCUT2D eigenvalue weighted by atomic mass is 19.1. The minimum absolute atomic E-state index is 0.158. The number of aryl methyl sites for hydroxylation is 1.